The molecule has 0 radical (unpaired) electrons. The summed E-state index contributed by atoms with van der Waals surface area (Å²) in [6, 6.07) is -0.782. The summed E-state index contributed by atoms with van der Waals surface area (Å²) in [7, 11) is 0. The molecule has 0 aromatic heterocycles. The Morgan fingerprint density at radius 1 is 0.860 bits per heavy atom. The standard InChI is InChI=1S/C37H65NO5/c1-7-8-9-10-11-12-13-14-15-16-17-18-19-20-21-22-26-31(38-43-35(41)36(3,4)5)34(40)42-32-28-37(6)27-24-23-25-30(37)29(2)33(32)39/h31-32,38H,7-28H2,1-6H3/t31?,32-,37-/m0/s1. The second-order valence-corrected chi connectivity index (χ2v) is 14.8. The van der Waals surface area contributed by atoms with Crippen molar-refractivity contribution in [3.63, 3.8) is 0 Å². The van der Waals surface area contributed by atoms with Gasteiger partial charge in [0.05, 0.1) is 5.41 Å². The van der Waals surface area contributed by atoms with E-state index in [1.807, 2.05) is 6.92 Å². The number of carbonyl (C=O) groups excluding carboxylic acids is 3. The number of carbonyl (C=O) groups is 3. The Bertz CT molecular complexity index is 888. The summed E-state index contributed by atoms with van der Waals surface area (Å²) in [4.78, 5) is 44.2. The van der Waals surface area contributed by atoms with Gasteiger partial charge < -0.3 is 9.57 Å². The number of Topliss-reactive ketones (excluding diaryl/α,β-unsaturated/α-hetero) is 1. The lowest BCUT2D eigenvalue weighted by molar-refractivity contribution is -0.171. The fraction of sp³-hybridized carbons (Fsp3) is 0.865. The average Bonchev–Trinajstić information content (AvgIpc) is 2.96. The van der Waals surface area contributed by atoms with Crippen LogP contribution in [0.3, 0.4) is 0 Å². The normalized spacial score (nSPS) is 21.4. The van der Waals surface area contributed by atoms with Crippen molar-refractivity contribution in [3.8, 4) is 0 Å². The lowest BCUT2D eigenvalue weighted by Gasteiger charge is -2.43. The van der Waals surface area contributed by atoms with Gasteiger partial charge in [0.2, 0.25) is 0 Å². The van der Waals surface area contributed by atoms with Gasteiger partial charge in [0.15, 0.2) is 11.9 Å². The van der Waals surface area contributed by atoms with E-state index in [1.54, 1.807) is 20.8 Å². The van der Waals surface area contributed by atoms with Gasteiger partial charge in [-0.2, -0.15) is 0 Å². The van der Waals surface area contributed by atoms with Crippen LogP contribution in [0.15, 0.2) is 11.1 Å². The maximum atomic E-state index is 13.3. The zero-order valence-electron chi connectivity index (χ0n) is 28.8. The van der Waals surface area contributed by atoms with Gasteiger partial charge in [-0.25, -0.2) is 4.79 Å². The van der Waals surface area contributed by atoms with Crippen LogP contribution >= 0.6 is 0 Å². The monoisotopic (exact) mass is 603 g/mol. The second kappa shape index (κ2) is 19.6. The molecule has 1 N–H and O–H groups in total. The minimum Gasteiger partial charge on any atom is -0.453 e. The summed E-state index contributed by atoms with van der Waals surface area (Å²) in [6.45, 7) is 11.7. The molecule has 0 bridgehead atoms. The van der Waals surface area contributed by atoms with Crippen LogP contribution in [0.4, 0.5) is 0 Å². The Labute approximate surface area is 263 Å². The molecule has 1 fully saturated rings. The van der Waals surface area contributed by atoms with E-state index < -0.39 is 29.5 Å². The Kier molecular flexibility index (Phi) is 17.1. The highest BCUT2D eigenvalue weighted by Gasteiger charge is 2.44. The van der Waals surface area contributed by atoms with Crippen LogP contribution in [-0.2, 0) is 24.0 Å². The fourth-order valence-corrected chi connectivity index (χ4v) is 6.74. The maximum absolute atomic E-state index is 13.3. The van der Waals surface area contributed by atoms with Crippen molar-refractivity contribution in [2.75, 3.05) is 0 Å². The molecule has 0 aromatic carbocycles. The molecule has 6 nitrogen and oxygen atoms in total. The van der Waals surface area contributed by atoms with Gasteiger partial charge in [0, 0.05) is 6.42 Å². The summed E-state index contributed by atoms with van der Waals surface area (Å²) >= 11 is 0. The molecule has 0 aromatic rings. The van der Waals surface area contributed by atoms with Crippen molar-refractivity contribution in [1.29, 1.82) is 0 Å². The Morgan fingerprint density at radius 3 is 1.88 bits per heavy atom. The number of fused-ring (bicyclic) bond motifs is 1. The number of hydroxylamine groups is 1. The third kappa shape index (κ3) is 13.5. The molecular weight excluding hydrogens is 538 g/mol. The predicted molar refractivity (Wildman–Crippen MR) is 175 cm³/mol. The van der Waals surface area contributed by atoms with Crippen LogP contribution in [0.5, 0.6) is 0 Å². The van der Waals surface area contributed by atoms with Crippen molar-refractivity contribution < 1.29 is 24.0 Å². The van der Waals surface area contributed by atoms with Crippen LogP contribution in [0.1, 0.15) is 183 Å². The number of esters is 1. The molecule has 1 unspecified atom stereocenters. The molecule has 0 spiro atoms. The zero-order chi connectivity index (χ0) is 31.7. The Balaban J connectivity index is 1.72. The van der Waals surface area contributed by atoms with Gasteiger partial charge in [0.1, 0.15) is 6.04 Å². The van der Waals surface area contributed by atoms with Crippen LogP contribution < -0.4 is 5.48 Å². The number of allylic oxidation sites excluding steroid dienone is 1. The van der Waals surface area contributed by atoms with E-state index in [2.05, 4.69) is 19.3 Å². The molecule has 3 atom stereocenters. The number of nitrogens with one attached hydrogen (secondary N) is 1. The first-order valence-corrected chi connectivity index (χ1v) is 17.9. The number of unbranched alkanes of at least 4 members (excludes halogenated alkanes) is 15. The quantitative estimate of drug-likeness (QED) is 0.0799. The lowest BCUT2D eigenvalue weighted by atomic mass is 9.63. The lowest BCUT2D eigenvalue weighted by Crippen LogP contribution is -2.46. The zero-order valence-corrected chi connectivity index (χ0v) is 28.8. The number of ketones is 1. The Hall–Kier alpha value is -1.69. The molecule has 1 saturated carbocycles. The van der Waals surface area contributed by atoms with E-state index in [4.69, 9.17) is 9.57 Å². The topological polar surface area (TPSA) is 81.7 Å². The number of rotatable bonds is 21. The minimum absolute atomic E-state index is 0.0735. The molecule has 43 heavy (non-hydrogen) atoms. The van der Waals surface area contributed by atoms with Crippen LogP contribution in [0.2, 0.25) is 0 Å². The van der Waals surface area contributed by atoms with Crippen molar-refractivity contribution in [2.24, 2.45) is 10.8 Å². The highest BCUT2D eigenvalue weighted by atomic mass is 16.7. The van der Waals surface area contributed by atoms with E-state index in [0.717, 1.165) is 50.5 Å². The van der Waals surface area contributed by atoms with Gasteiger partial charge >= 0.3 is 11.9 Å². The average molecular weight is 604 g/mol. The van der Waals surface area contributed by atoms with Crippen LogP contribution in [0, 0.1) is 10.8 Å². The molecule has 2 aliphatic rings. The first-order chi connectivity index (χ1) is 20.5. The molecule has 2 aliphatic carbocycles. The predicted octanol–water partition coefficient (Wildman–Crippen LogP) is 9.88. The molecule has 2 rings (SSSR count). The summed E-state index contributed by atoms with van der Waals surface area (Å²) in [5, 5.41) is 0. The van der Waals surface area contributed by atoms with Crippen molar-refractivity contribution >= 4 is 17.7 Å². The van der Waals surface area contributed by atoms with E-state index in [-0.39, 0.29) is 11.2 Å². The van der Waals surface area contributed by atoms with Gasteiger partial charge in [-0.05, 0) is 64.4 Å². The van der Waals surface area contributed by atoms with E-state index >= 15 is 0 Å². The van der Waals surface area contributed by atoms with Crippen molar-refractivity contribution in [1.82, 2.24) is 5.48 Å². The SMILES string of the molecule is CCCCCCCCCCCCCCCCCCC(NOC(=O)C(C)(C)C)C(=O)O[C@H]1C[C@]2(C)CCCCC2=C(C)C1=O. The maximum Gasteiger partial charge on any atom is 0.330 e. The van der Waals surface area contributed by atoms with Crippen molar-refractivity contribution in [2.45, 2.75) is 195 Å². The first kappa shape index (κ1) is 37.5. The van der Waals surface area contributed by atoms with E-state index in [9.17, 15) is 14.4 Å². The summed E-state index contributed by atoms with van der Waals surface area (Å²) in [5.74, 6) is -1.00. The van der Waals surface area contributed by atoms with E-state index in [0.29, 0.717) is 12.8 Å². The number of ether oxygens (including phenoxy) is 1. The highest BCUT2D eigenvalue weighted by molar-refractivity contribution is 6.01. The van der Waals surface area contributed by atoms with Crippen LogP contribution in [0.25, 0.3) is 0 Å². The summed E-state index contributed by atoms with van der Waals surface area (Å²) in [6.07, 6.45) is 25.0. The third-order valence-corrected chi connectivity index (χ3v) is 9.68. The minimum atomic E-state index is -0.782. The largest absolute Gasteiger partial charge is 0.453 e. The first-order valence-electron chi connectivity index (χ1n) is 17.9. The van der Waals surface area contributed by atoms with Gasteiger partial charge in [-0.15, -0.1) is 5.48 Å². The van der Waals surface area contributed by atoms with Crippen molar-refractivity contribution in [3.05, 3.63) is 11.1 Å². The fourth-order valence-electron chi connectivity index (χ4n) is 6.74. The summed E-state index contributed by atoms with van der Waals surface area (Å²) < 4.78 is 5.87. The van der Waals surface area contributed by atoms with Crippen LogP contribution in [-0.4, -0.2) is 29.9 Å². The number of hydrogen-bond acceptors (Lipinski definition) is 6. The second-order valence-electron chi connectivity index (χ2n) is 14.8. The molecule has 248 valence electrons. The molecule has 6 heteroatoms. The highest BCUT2D eigenvalue weighted by Crippen LogP contribution is 2.49. The van der Waals surface area contributed by atoms with Gasteiger partial charge in [-0.1, -0.05) is 129 Å². The smallest absolute Gasteiger partial charge is 0.330 e. The Morgan fingerprint density at radius 2 is 1.37 bits per heavy atom. The summed E-state index contributed by atoms with van der Waals surface area (Å²) in [5.41, 5.74) is 3.95. The molecule has 0 amide bonds. The number of hydrogen-bond donors (Lipinski definition) is 1. The third-order valence-electron chi connectivity index (χ3n) is 9.68. The van der Waals surface area contributed by atoms with Gasteiger partial charge in [0.25, 0.3) is 0 Å². The van der Waals surface area contributed by atoms with Gasteiger partial charge in [-0.3, -0.25) is 9.59 Å². The molecule has 0 heterocycles. The molecule has 0 aliphatic heterocycles. The molecule has 0 saturated heterocycles. The molecular formula is C37H65NO5. The van der Waals surface area contributed by atoms with E-state index in [1.165, 1.54) is 89.0 Å².